The first-order chi connectivity index (χ1) is 9.02. The molecule has 0 saturated heterocycles. The number of imidazole rings is 1. The van der Waals surface area contributed by atoms with E-state index in [0.29, 0.717) is 17.7 Å². The molecule has 0 aliphatic rings. The molecule has 0 aliphatic heterocycles. The second-order valence-electron chi connectivity index (χ2n) is 4.90. The van der Waals surface area contributed by atoms with E-state index in [4.69, 9.17) is 11.6 Å². The number of aromatic nitrogens is 2. The van der Waals surface area contributed by atoms with Crippen LogP contribution in [0.1, 0.15) is 44.6 Å². The van der Waals surface area contributed by atoms with Crippen molar-refractivity contribution in [3.8, 4) is 0 Å². The molecule has 0 aromatic carbocycles. The summed E-state index contributed by atoms with van der Waals surface area (Å²) in [5.41, 5.74) is 0.942. The molecule has 2 unspecified atom stereocenters. The zero-order valence-corrected chi connectivity index (χ0v) is 13.5. The van der Waals surface area contributed by atoms with E-state index in [9.17, 15) is 4.21 Å². The van der Waals surface area contributed by atoms with E-state index in [1.54, 1.807) is 6.26 Å². The fourth-order valence-electron chi connectivity index (χ4n) is 1.74. The molecule has 4 nitrogen and oxygen atoms in total. The third-order valence-electron chi connectivity index (χ3n) is 3.01. The molecular weight excluding hydrogens is 282 g/mol. The Morgan fingerprint density at radius 2 is 2.26 bits per heavy atom. The van der Waals surface area contributed by atoms with Gasteiger partial charge in [-0.15, -0.1) is 0 Å². The van der Waals surface area contributed by atoms with E-state index < -0.39 is 10.8 Å². The van der Waals surface area contributed by atoms with Gasteiger partial charge in [0.15, 0.2) is 5.15 Å². The lowest BCUT2D eigenvalue weighted by molar-refractivity contribution is 0.530. The Bertz CT molecular complexity index is 409. The van der Waals surface area contributed by atoms with Crippen molar-refractivity contribution in [2.45, 2.75) is 52.1 Å². The largest absolute Gasteiger partial charge is 0.344 e. The summed E-state index contributed by atoms with van der Waals surface area (Å²) >= 11 is 6.10. The van der Waals surface area contributed by atoms with Crippen LogP contribution < -0.4 is 5.32 Å². The molecule has 0 amide bonds. The second-order valence-corrected chi connectivity index (χ2v) is 6.82. The number of H-pyrrole nitrogens is 1. The number of halogens is 1. The Kier molecular flexibility index (Phi) is 7.64. The first-order valence-electron chi connectivity index (χ1n) is 6.79. The number of nitrogens with zero attached hydrogens (tertiary/aromatic N) is 1. The highest BCUT2D eigenvalue weighted by atomic mass is 35.5. The van der Waals surface area contributed by atoms with E-state index in [0.717, 1.165) is 43.0 Å². The van der Waals surface area contributed by atoms with Crippen molar-refractivity contribution in [1.82, 2.24) is 15.3 Å². The summed E-state index contributed by atoms with van der Waals surface area (Å²) in [6.45, 7) is 4.93. The van der Waals surface area contributed by atoms with Gasteiger partial charge in [-0.1, -0.05) is 24.9 Å². The number of nitrogens with one attached hydrogen (secondary N) is 2. The van der Waals surface area contributed by atoms with Gasteiger partial charge in [0.05, 0.1) is 5.69 Å². The summed E-state index contributed by atoms with van der Waals surface area (Å²) in [5, 5.41) is 3.93. The van der Waals surface area contributed by atoms with E-state index in [-0.39, 0.29) is 0 Å². The van der Waals surface area contributed by atoms with Crippen molar-refractivity contribution in [3.63, 3.8) is 0 Å². The maximum absolute atomic E-state index is 11.0. The lowest BCUT2D eigenvalue weighted by Gasteiger charge is -2.12. The van der Waals surface area contributed by atoms with Crippen molar-refractivity contribution in [3.05, 3.63) is 16.7 Å². The Hall–Kier alpha value is -0.390. The molecule has 0 aliphatic carbocycles. The molecule has 1 rings (SSSR count). The van der Waals surface area contributed by atoms with E-state index in [1.807, 2.05) is 0 Å². The molecule has 0 radical (unpaired) electrons. The van der Waals surface area contributed by atoms with Crippen molar-refractivity contribution < 1.29 is 4.21 Å². The van der Waals surface area contributed by atoms with Gasteiger partial charge in [0, 0.05) is 41.8 Å². The van der Waals surface area contributed by atoms with Gasteiger partial charge in [0.2, 0.25) is 0 Å². The number of hydrogen-bond donors (Lipinski definition) is 2. The molecule has 6 heteroatoms. The number of hydrogen-bond acceptors (Lipinski definition) is 3. The molecule has 19 heavy (non-hydrogen) atoms. The normalized spacial score (nSPS) is 14.5. The predicted octanol–water partition coefficient (Wildman–Crippen LogP) is 2.65. The van der Waals surface area contributed by atoms with Crippen LogP contribution in [0.25, 0.3) is 0 Å². The Labute approximate surface area is 123 Å². The van der Waals surface area contributed by atoms with Crippen LogP contribution in [0.5, 0.6) is 0 Å². The number of rotatable bonds is 9. The summed E-state index contributed by atoms with van der Waals surface area (Å²) in [5.74, 6) is 1.69. The third kappa shape index (κ3) is 6.54. The highest BCUT2D eigenvalue weighted by molar-refractivity contribution is 7.84. The Morgan fingerprint density at radius 1 is 1.53 bits per heavy atom. The highest BCUT2D eigenvalue weighted by Crippen LogP contribution is 2.14. The second kappa shape index (κ2) is 8.72. The van der Waals surface area contributed by atoms with Crippen LogP contribution in [0.15, 0.2) is 0 Å². The average Bonchev–Trinajstić information content (AvgIpc) is 2.72. The van der Waals surface area contributed by atoms with Crippen molar-refractivity contribution in [2.75, 3.05) is 12.0 Å². The summed E-state index contributed by atoms with van der Waals surface area (Å²) in [7, 11) is -0.725. The van der Waals surface area contributed by atoms with E-state index >= 15 is 0 Å². The van der Waals surface area contributed by atoms with Gasteiger partial charge in [-0.05, 0) is 19.8 Å². The van der Waals surface area contributed by atoms with E-state index in [2.05, 4.69) is 29.1 Å². The van der Waals surface area contributed by atoms with Gasteiger partial charge in [0.25, 0.3) is 0 Å². The minimum atomic E-state index is -0.725. The van der Waals surface area contributed by atoms with Crippen LogP contribution in [0.2, 0.25) is 5.15 Å². The summed E-state index contributed by atoms with van der Waals surface area (Å²) < 4.78 is 11.0. The molecule has 1 aromatic heterocycles. The van der Waals surface area contributed by atoms with Gasteiger partial charge >= 0.3 is 0 Å². The first-order valence-corrected chi connectivity index (χ1v) is 8.90. The first kappa shape index (κ1) is 16.7. The highest BCUT2D eigenvalue weighted by Gasteiger charge is 2.09. The van der Waals surface area contributed by atoms with Crippen LogP contribution in [-0.4, -0.2) is 32.2 Å². The molecule has 1 heterocycles. The summed E-state index contributed by atoms with van der Waals surface area (Å²) in [6, 6.07) is 0.322. The molecule has 0 saturated carbocycles. The molecular formula is C13H24ClN3OS. The maximum Gasteiger partial charge on any atom is 0.151 e. The van der Waals surface area contributed by atoms with Crippen LogP contribution in [-0.2, 0) is 23.8 Å². The fourth-order valence-corrected chi connectivity index (χ4v) is 2.64. The van der Waals surface area contributed by atoms with Gasteiger partial charge in [-0.3, -0.25) is 4.21 Å². The van der Waals surface area contributed by atoms with E-state index in [1.165, 1.54) is 0 Å². The van der Waals surface area contributed by atoms with Crippen LogP contribution in [0, 0.1) is 0 Å². The Morgan fingerprint density at radius 3 is 2.89 bits per heavy atom. The average molecular weight is 306 g/mol. The van der Waals surface area contributed by atoms with Crippen LogP contribution in [0.4, 0.5) is 0 Å². The number of unbranched alkanes of at least 4 members (excludes halogenated alkanes) is 1. The topological polar surface area (TPSA) is 57.8 Å². The van der Waals surface area contributed by atoms with Gasteiger partial charge in [-0.25, -0.2) is 4.98 Å². The van der Waals surface area contributed by atoms with Crippen molar-refractivity contribution in [2.24, 2.45) is 0 Å². The molecule has 2 N–H and O–H groups in total. The molecule has 0 spiro atoms. The minimum Gasteiger partial charge on any atom is -0.344 e. The van der Waals surface area contributed by atoms with Crippen molar-refractivity contribution >= 4 is 22.4 Å². The van der Waals surface area contributed by atoms with Gasteiger partial charge < -0.3 is 10.3 Å². The van der Waals surface area contributed by atoms with Crippen molar-refractivity contribution in [1.29, 1.82) is 0 Å². The molecule has 0 bridgehead atoms. The predicted molar refractivity (Wildman–Crippen MR) is 82.1 cm³/mol. The standard InChI is InChI=1S/C13H24ClN3OS/c1-4-5-6-12-16-11(13(14)17-12)9-15-10(2)7-8-19(3)18/h10,15H,4-9H2,1-3H3,(H,16,17). The monoisotopic (exact) mass is 305 g/mol. The molecule has 1 aromatic rings. The minimum absolute atomic E-state index is 0.322. The zero-order valence-electron chi connectivity index (χ0n) is 12.0. The lowest BCUT2D eigenvalue weighted by Crippen LogP contribution is -2.27. The maximum atomic E-state index is 11.0. The molecule has 2 atom stereocenters. The zero-order chi connectivity index (χ0) is 14.3. The summed E-state index contributed by atoms with van der Waals surface area (Å²) in [4.78, 5) is 7.59. The lowest BCUT2D eigenvalue weighted by atomic mass is 10.2. The fraction of sp³-hybridized carbons (Fsp3) is 0.769. The summed E-state index contributed by atoms with van der Waals surface area (Å²) in [6.07, 6.45) is 5.85. The number of aromatic amines is 1. The molecule has 0 fully saturated rings. The van der Waals surface area contributed by atoms with Crippen LogP contribution in [0.3, 0.4) is 0 Å². The van der Waals surface area contributed by atoms with Gasteiger partial charge in [0.1, 0.15) is 5.82 Å². The SMILES string of the molecule is CCCCc1nc(Cl)c(CNC(C)CCS(C)=O)[nH]1. The quantitative estimate of drug-likeness (QED) is 0.737. The Balaban J connectivity index is 2.39. The third-order valence-corrected chi connectivity index (χ3v) is 4.13. The van der Waals surface area contributed by atoms with Gasteiger partial charge in [-0.2, -0.15) is 0 Å². The van der Waals surface area contributed by atoms with Crippen LogP contribution >= 0.6 is 11.6 Å². The smallest absolute Gasteiger partial charge is 0.151 e. The number of aryl methyl sites for hydroxylation is 1. The molecule has 110 valence electrons.